The monoisotopic (exact) mass is 340 g/mol. The van der Waals surface area contributed by atoms with Gasteiger partial charge >= 0.3 is 0 Å². The van der Waals surface area contributed by atoms with E-state index in [4.69, 9.17) is 11.6 Å². The van der Waals surface area contributed by atoms with Crippen LogP contribution < -0.4 is 5.32 Å². The minimum atomic E-state index is -0.637. The van der Waals surface area contributed by atoms with E-state index in [-0.39, 0.29) is 21.7 Å². The third-order valence-corrected chi connectivity index (χ3v) is 4.28. The molecule has 1 amide bonds. The Morgan fingerprint density at radius 1 is 1.36 bits per heavy atom. The molecule has 0 aliphatic carbocycles. The van der Waals surface area contributed by atoms with Crippen molar-refractivity contribution in [2.24, 2.45) is 0 Å². The highest BCUT2D eigenvalue weighted by atomic mass is 35.5. The minimum absolute atomic E-state index is 0.0208. The third-order valence-electron chi connectivity index (χ3n) is 2.69. The van der Waals surface area contributed by atoms with Crippen LogP contribution in [0.3, 0.4) is 0 Å². The molecule has 0 aliphatic rings. The lowest BCUT2D eigenvalue weighted by atomic mass is 9.98. The number of nitrogens with one attached hydrogen (secondary N) is 1. The quantitative estimate of drug-likeness (QED) is 0.679. The summed E-state index contributed by atoms with van der Waals surface area (Å²) in [5.74, 6) is -0.503. The molecule has 2 rings (SSSR count). The van der Waals surface area contributed by atoms with Gasteiger partial charge in [0.2, 0.25) is 5.13 Å². The molecular weight excluding hydrogens is 328 g/mol. The Balaban J connectivity index is 2.21. The summed E-state index contributed by atoms with van der Waals surface area (Å²) in [4.78, 5) is 22.3. The van der Waals surface area contributed by atoms with Crippen LogP contribution in [0.4, 0.5) is 10.8 Å². The molecular formula is C13H13ClN4O3S. The van der Waals surface area contributed by atoms with Crippen molar-refractivity contribution >= 4 is 39.7 Å². The number of aromatic nitrogens is 2. The summed E-state index contributed by atoms with van der Waals surface area (Å²) >= 11 is 6.98. The molecule has 0 aliphatic heterocycles. The number of nitro groups is 1. The first-order chi connectivity index (χ1) is 10.2. The van der Waals surface area contributed by atoms with Crippen LogP contribution in [0.1, 0.15) is 36.1 Å². The fourth-order valence-electron chi connectivity index (χ4n) is 1.54. The maximum absolute atomic E-state index is 12.1. The molecule has 9 heteroatoms. The smallest absolute Gasteiger partial charge is 0.288 e. The second-order valence-corrected chi connectivity index (χ2v) is 6.92. The van der Waals surface area contributed by atoms with Gasteiger partial charge in [-0.1, -0.05) is 43.7 Å². The average Bonchev–Trinajstić information content (AvgIpc) is 2.87. The van der Waals surface area contributed by atoms with Crippen LogP contribution in [-0.2, 0) is 5.41 Å². The molecule has 0 fully saturated rings. The lowest BCUT2D eigenvalue weighted by Crippen LogP contribution is -2.12. The normalized spacial score (nSPS) is 11.3. The highest BCUT2D eigenvalue weighted by Gasteiger charge is 2.21. The van der Waals surface area contributed by atoms with E-state index in [1.807, 2.05) is 20.8 Å². The van der Waals surface area contributed by atoms with Gasteiger partial charge in [0.15, 0.2) is 0 Å². The first-order valence-electron chi connectivity index (χ1n) is 6.28. The second-order valence-electron chi connectivity index (χ2n) is 5.54. The number of nitrogens with zero attached hydrogens (tertiary/aromatic N) is 3. The molecule has 1 aromatic carbocycles. The van der Waals surface area contributed by atoms with Crippen LogP contribution in [0.5, 0.6) is 0 Å². The summed E-state index contributed by atoms with van der Waals surface area (Å²) < 4.78 is 0. The van der Waals surface area contributed by atoms with Crippen LogP contribution in [0.2, 0.25) is 5.02 Å². The van der Waals surface area contributed by atoms with Crippen LogP contribution in [-0.4, -0.2) is 21.0 Å². The number of hydrogen-bond donors (Lipinski definition) is 1. The maximum atomic E-state index is 12.1. The second kappa shape index (κ2) is 5.98. The Bertz CT molecular complexity index is 739. The van der Waals surface area contributed by atoms with Gasteiger partial charge in [-0.3, -0.25) is 20.2 Å². The number of carbonyl (C=O) groups excluding carboxylic acids is 1. The minimum Gasteiger partial charge on any atom is -0.296 e. The number of carbonyl (C=O) groups is 1. The third kappa shape index (κ3) is 3.58. The molecule has 0 unspecified atom stereocenters. The van der Waals surface area contributed by atoms with Crippen molar-refractivity contribution in [1.29, 1.82) is 0 Å². The van der Waals surface area contributed by atoms with E-state index >= 15 is 0 Å². The molecule has 7 nitrogen and oxygen atoms in total. The largest absolute Gasteiger partial charge is 0.296 e. The van der Waals surface area contributed by atoms with Crippen LogP contribution in [0.15, 0.2) is 18.2 Å². The number of rotatable bonds is 3. The number of nitro benzene ring substituents is 1. The summed E-state index contributed by atoms with van der Waals surface area (Å²) in [5, 5.41) is 22.4. The van der Waals surface area contributed by atoms with Gasteiger partial charge in [-0.05, 0) is 12.1 Å². The Hall–Kier alpha value is -2.06. The fraction of sp³-hybridized carbons (Fsp3) is 0.308. The lowest BCUT2D eigenvalue weighted by Gasteiger charge is -2.12. The fourth-order valence-corrected chi connectivity index (χ4v) is 2.52. The van der Waals surface area contributed by atoms with Gasteiger partial charge in [0.05, 0.1) is 4.92 Å². The molecule has 1 heterocycles. The molecule has 2 aromatic rings. The van der Waals surface area contributed by atoms with Crippen molar-refractivity contribution in [2.45, 2.75) is 26.2 Å². The zero-order valence-electron chi connectivity index (χ0n) is 12.1. The Kier molecular flexibility index (Phi) is 4.43. The molecule has 22 heavy (non-hydrogen) atoms. The van der Waals surface area contributed by atoms with Gasteiger partial charge in [-0.25, -0.2) is 0 Å². The number of halogens is 1. The Morgan fingerprint density at radius 3 is 2.59 bits per heavy atom. The predicted molar refractivity (Wildman–Crippen MR) is 84.7 cm³/mol. The topological polar surface area (TPSA) is 98.0 Å². The standard InChI is InChI=1S/C13H13ClN4O3S/c1-13(2,3)11-16-17-12(22-11)15-10(19)7-4-5-8(14)9(6-7)18(20)21/h4-6H,1-3H3,(H,15,17,19). The van der Waals surface area contributed by atoms with Crippen LogP contribution >= 0.6 is 22.9 Å². The summed E-state index contributed by atoms with van der Waals surface area (Å²) in [6.07, 6.45) is 0. The van der Waals surface area contributed by atoms with Crippen molar-refractivity contribution in [3.05, 3.63) is 43.9 Å². The number of benzene rings is 1. The summed E-state index contributed by atoms with van der Waals surface area (Å²) in [6, 6.07) is 3.86. The van der Waals surface area contributed by atoms with E-state index in [0.29, 0.717) is 5.13 Å². The maximum Gasteiger partial charge on any atom is 0.288 e. The van der Waals surface area contributed by atoms with Crippen molar-refractivity contribution in [1.82, 2.24) is 10.2 Å². The van der Waals surface area contributed by atoms with E-state index in [9.17, 15) is 14.9 Å². The molecule has 0 atom stereocenters. The summed E-state index contributed by atoms with van der Waals surface area (Å²) in [5.41, 5.74) is -0.356. The van der Waals surface area contributed by atoms with Gasteiger partial charge in [-0.2, -0.15) is 0 Å². The lowest BCUT2D eigenvalue weighted by molar-refractivity contribution is -0.384. The van der Waals surface area contributed by atoms with E-state index in [0.717, 1.165) is 11.1 Å². The van der Waals surface area contributed by atoms with Crippen LogP contribution in [0, 0.1) is 10.1 Å². The molecule has 0 saturated heterocycles. The van der Waals surface area contributed by atoms with Gasteiger partial charge < -0.3 is 0 Å². The SMILES string of the molecule is CC(C)(C)c1nnc(NC(=O)c2ccc(Cl)c([N+](=O)[O-])c2)s1. The highest BCUT2D eigenvalue weighted by Crippen LogP contribution is 2.29. The van der Waals surface area contributed by atoms with Gasteiger partial charge in [0, 0.05) is 17.0 Å². The Labute approximate surface area is 135 Å². The van der Waals surface area contributed by atoms with Crippen molar-refractivity contribution in [3.8, 4) is 0 Å². The molecule has 0 radical (unpaired) electrons. The van der Waals surface area contributed by atoms with Crippen molar-refractivity contribution in [3.63, 3.8) is 0 Å². The number of anilines is 1. The summed E-state index contributed by atoms with van der Waals surface area (Å²) in [6.45, 7) is 5.96. The van der Waals surface area contributed by atoms with Crippen molar-refractivity contribution in [2.75, 3.05) is 5.32 Å². The van der Waals surface area contributed by atoms with Crippen molar-refractivity contribution < 1.29 is 9.72 Å². The average molecular weight is 341 g/mol. The predicted octanol–water partition coefficient (Wildman–Crippen LogP) is 3.65. The molecule has 0 bridgehead atoms. The van der Waals surface area contributed by atoms with E-state index in [2.05, 4.69) is 15.5 Å². The summed E-state index contributed by atoms with van der Waals surface area (Å²) in [7, 11) is 0. The molecule has 0 spiro atoms. The van der Waals surface area contributed by atoms with Gasteiger partial charge in [-0.15, -0.1) is 10.2 Å². The van der Waals surface area contributed by atoms with E-state index in [1.165, 1.54) is 23.5 Å². The Morgan fingerprint density at radius 2 is 2.05 bits per heavy atom. The molecule has 0 saturated carbocycles. The molecule has 1 aromatic heterocycles. The van der Waals surface area contributed by atoms with Crippen LogP contribution in [0.25, 0.3) is 0 Å². The number of hydrogen-bond acceptors (Lipinski definition) is 6. The molecule has 1 N–H and O–H groups in total. The first-order valence-corrected chi connectivity index (χ1v) is 7.47. The van der Waals surface area contributed by atoms with Gasteiger partial charge in [0.1, 0.15) is 10.0 Å². The highest BCUT2D eigenvalue weighted by molar-refractivity contribution is 7.15. The van der Waals surface area contributed by atoms with E-state index in [1.54, 1.807) is 0 Å². The zero-order chi connectivity index (χ0) is 16.5. The first kappa shape index (κ1) is 16.3. The number of amides is 1. The van der Waals surface area contributed by atoms with E-state index < -0.39 is 10.8 Å². The molecule has 116 valence electrons. The zero-order valence-corrected chi connectivity index (χ0v) is 13.7. The van der Waals surface area contributed by atoms with Gasteiger partial charge in [0.25, 0.3) is 11.6 Å².